The molecule has 0 bridgehead atoms. The summed E-state index contributed by atoms with van der Waals surface area (Å²) in [5, 5.41) is 10.8. The summed E-state index contributed by atoms with van der Waals surface area (Å²) < 4.78 is 0. The lowest BCUT2D eigenvalue weighted by Crippen LogP contribution is -2.28. The molecule has 0 aliphatic heterocycles. The molecule has 1 N–H and O–H groups in total. The summed E-state index contributed by atoms with van der Waals surface area (Å²) in [6.07, 6.45) is -0.539. The van der Waals surface area contributed by atoms with E-state index in [4.69, 9.17) is 4.98 Å². The number of likely N-dealkylation sites (N-methyl/N-ethyl adjacent to an activating group) is 1. The van der Waals surface area contributed by atoms with Crippen molar-refractivity contribution < 1.29 is 5.11 Å². The number of rotatable bonds is 7. The molecule has 0 amide bonds. The Balaban J connectivity index is 0.00000261. The third-order valence-corrected chi connectivity index (χ3v) is 4.70. The fraction of sp³-hybridized carbons (Fsp3) is 0.261. The van der Waals surface area contributed by atoms with Gasteiger partial charge in [-0.25, -0.2) is 4.98 Å². The minimum absolute atomic E-state index is 0. The molecular formula is C23H27ClN2O. The van der Waals surface area contributed by atoms with E-state index in [9.17, 15) is 5.11 Å². The van der Waals surface area contributed by atoms with Gasteiger partial charge in [-0.15, -0.1) is 12.4 Å². The van der Waals surface area contributed by atoms with Gasteiger partial charge in [-0.1, -0.05) is 74.5 Å². The average molecular weight is 383 g/mol. The number of aliphatic hydroxyl groups is 1. The van der Waals surface area contributed by atoms with Crippen LogP contribution in [0.4, 0.5) is 0 Å². The molecular weight excluding hydrogens is 356 g/mol. The lowest BCUT2D eigenvalue weighted by Gasteiger charge is -2.22. The van der Waals surface area contributed by atoms with Crippen molar-refractivity contribution >= 4 is 12.4 Å². The van der Waals surface area contributed by atoms with Crippen LogP contribution in [0.15, 0.2) is 72.8 Å². The molecule has 0 aliphatic carbocycles. The molecule has 142 valence electrons. The molecule has 2 aromatic carbocycles. The van der Waals surface area contributed by atoms with E-state index in [0.717, 1.165) is 41.2 Å². The summed E-state index contributed by atoms with van der Waals surface area (Å²) in [6, 6.07) is 24.3. The van der Waals surface area contributed by atoms with Crippen molar-refractivity contribution in [1.82, 2.24) is 9.88 Å². The number of benzene rings is 2. The summed E-state index contributed by atoms with van der Waals surface area (Å²) >= 11 is 0. The highest BCUT2D eigenvalue weighted by molar-refractivity contribution is 5.85. The van der Waals surface area contributed by atoms with E-state index in [1.807, 2.05) is 48.5 Å². The maximum absolute atomic E-state index is 10.8. The van der Waals surface area contributed by atoms with Gasteiger partial charge in [-0.3, -0.25) is 0 Å². The van der Waals surface area contributed by atoms with Crippen molar-refractivity contribution in [3.63, 3.8) is 0 Å². The van der Waals surface area contributed by atoms with Gasteiger partial charge in [0.1, 0.15) is 0 Å². The normalized spacial score (nSPS) is 11.9. The average Bonchev–Trinajstić information content (AvgIpc) is 2.72. The van der Waals surface area contributed by atoms with E-state index in [0.29, 0.717) is 6.54 Å². The number of hydrogen-bond acceptors (Lipinski definition) is 3. The maximum atomic E-state index is 10.8. The molecule has 0 spiro atoms. The van der Waals surface area contributed by atoms with E-state index < -0.39 is 6.10 Å². The molecule has 1 aromatic heterocycles. The lowest BCUT2D eigenvalue weighted by atomic mass is 10.0. The van der Waals surface area contributed by atoms with Crippen LogP contribution in [0.2, 0.25) is 0 Å². The van der Waals surface area contributed by atoms with Gasteiger partial charge in [0, 0.05) is 17.7 Å². The van der Waals surface area contributed by atoms with Gasteiger partial charge in [-0.05, 0) is 30.8 Å². The Morgan fingerprint density at radius 2 is 1.26 bits per heavy atom. The maximum Gasteiger partial charge on any atom is 0.0918 e. The molecule has 0 saturated heterocycles. The van der Waals surface area contributed by atoms with Gasteiger partial charge in [0.15, 0.2) is 0 Å². The molecule has 1 unspecified atom stereocenters. The molecule has 3 rings (SSSR count). The van der Waals surface area contributed by atoms with Gasteiger partial charge >= 0.3 is 0 Å². The zero-order valence-electron chi connectivity index (χ0n) is 15.9. The third kappa shape index (κ3) is 5.39. The van der Waals surface area contributed by atoms with Crippen molar-refractivity contribution in [2.75, 3.05) is 19.6 Å². The number of hydrogen-bond donors (Lipinski definition) is 1. The second-order valence-corrected chi connectivity index (χ2v) is 6.40. The second-order valence-electron chi connectivity index (χ2n) is 6.40. The van der Waals surface area contributed by atoms with E-state index in [2.05, 4.69) is 43.0 Å². The summed E-state index contributed by atoms with van der Waals surface area (Å²) in [5.41, 5.74) is 4.80. The first-order chi connectivity index (χ1) is 12.7. The van der Waals surface area contributed by atoms with Crippen LogP contribution in [0.5, 0.6) is 0 Å². The molecule has 0 radical (unpaired) electrons. The zero-order chi connectivity index (χ0) is 18.4. The Kier molecular flexibility index (Phi) is 7.99. The number of nitrogens with zero attached hydrogens (tertiary/aromatic N) is 2. The van der Waals surface area contributed by atoms with E-state index in [-0.39, 0.29) is 12.4 Å². The van der Waals surface area contributed by atoms with Crippen molar-refractivity contribution in [3.05, 3.63) is 78.4 Å². The quantitative estimate of drug-likeness (QED) is 0.609. The number of halogens is 1. The smallest absolute Gasteiger partial charge is 0.0918 e. The molecule has 1 heterocycles. The number of aromatic nitrogens is 1. The van der Waals surface area contributed by atoms with Crippen molar-refractivity contribution in [2.24, 2.45) is 0 Å². The van der Waals surface area contributed by atoms with Gasteiger partial charge in [0.25, 0.3) is 0 Å². The Labute approximate surface area is 168 Å². The Morgan fingerprint density at radius 3 is 1.67 bits per heavy atom. The molecule has 3 nitrogen and oxygen atoms in total. The first-order valence-corrected chi connectivity index (χ1v) is 9.24. The van der Waals surface area contributed by atoms with Crippen LogP contribution in [0.25, 0.3) is 22.5 Å². The van der Waals surface area contributed by atoms with Crippen LogP contribution < -0.4 is 0 Å². The van der Waals surface area contributed by atoms with Crippen LogP contribution in [-0.4, -0.2) is 34.6 Å². The van der Waals surface area contributed by atoms with Crippen LogP contribution >= 0.6 is 12.4 Å². The summed E-state index contributed by atoms with van der Waals surface area (Å²) in [5.74, 6) is 0. The SMILES string of the molecule is CCN(CC)CC(O)c1cc(-c2ccccc2)nc(-c2ccccc2)c1.Cl. The lowest BCUT2D eigenvalue weighted by molar-refractivity contribution is 0.119. The second kappa shape index (κ2) is 10.2. The molecule has 4 heteroatoms. The van der Waals surface area contributed by atoms with E-state index in [1.54, 1.807) is 0 Å². The standard InChI is InChI=1S/C23H26N2O.ClH/c1-3-25(4-2)17-23(26)20-15-21(18-11-7-5-8-12-18)24-22(16-20)19-13-9-6-10-14-19;/h5-16,23,26H,3-4,17H2,1-2H3;1H. The fourth-order valence-corrected chi connectivity index (χ4v) is 3.09. The fourth-order valence-electron chi connectivity index (χ4n) is 3.09. The summed E-state index contributed by atoms with van der Waals surface area (Å²) in [6.45, 7) is 6.71. The number of pyridine rings is 1. The first kappa shape index (κ1) is 21.1. The van der Waals surface area contributed by atoms with Gasteiger partial charge in [0.2, 0.25) is 0 Å². The first-order valence-electron chi connectivity index (χ1n) is 9.24. The summed E-state index contributed by atoms with van der Waals surface area (Å²) in [7, 11) is 0. The predicted molar refractivity (Wildman–Crippen MR) is 115 cm³/mol. The third-order valence-electron chi connectivity index (χ3n) is 4.70. The predicted octanol–water partition coefficient (Wildman–Crippen LogP) is 5.21. The van der Waals surface area contributed by atoms with Gasteiger partial charge in [0.05, 0.1) is 17.5 Å². The monoisotopic (exact) mass is 382 g/mol. The molecule has 27 heavy (non-hydrogen) atoms. The van der Waals surface area contributed by atoms with Crippen molar-refractivity contribution in [3.8, 4) is 22.5 Å². The Morgan fingerprint density at radius 1 is 0.815 bits per heavy atom. The molecule has 1 atom stereocenters. The van der Waals surface area contributed by atoms with E-state index >= 15 is 0 Å². The zero-order valence-corrected chi connectivity index (χ0v) is 16.7. The van der Waals surface area contributed by atoms with Crippen molar-refractivity contribution in [1.29, 1.82) is 0 Å². The van der Waals surface area contributed by atoms with Crippen molar-refractivity contribution in [2.45, 2.75) is 20.0 Å². The minimum atomic E-state index is -0.539. The van der Waals surface area contributed by atoms with Gasteiger partial charge < -0.3 is 10.0 Å². The van der Waals surface area contributed by atoms with Crippen LogP contribution in [0.1, 0.15) is 25.5 Å². The Hall–Kier alpha value is -2.20. The summed E-state index contributed by atoms with van der Waals surface area (Å²) in [4.78, 5) is 7.08. The number of aliphatic hydroxyl groups excluding tert-OH is 1. The highest BCUT2D eigenvalue weighted by atomic mass is 35.5. The molecule has 0 saturated carbocycles. The van der Waals surface area contributed by atoms with E-state index in [1.165, 1.54) is 0 Å². The molecule has 0 fully saturated rings. The Bertz CT molecular complexity index is 763. The minimum Gasteiger partial charge on any atom is -0.387 e. The van der Waals surface area contributed by atoms with Crippen LogP contribution in [0.3, 0.4) is 0 Å². The highest BCUT2D eigenvalue weighted by Gasteiger charge is 2.15. The molecule has 3 aromatic rings. The van der Waals surface area contributed by atoms with Crippen LogP contribution in [0, 0.1) is 0 Å². The molecule has 0 aliphatic rings. The topological polar surface area (TPSA) is 36.4 Å². The highest BCUT2D eigenvalue weighted by Crippen LogP contribution is 2.27. The van der Waals surface area contributed by atoms with Gasteiger partial charge in [-0.2, -0.15) is 0 Å². The largest absolute Gasteiger partial charge is 0.387 e. The van der Waals surface area contributed by atoms with Crippen LogP contribution in [-0.2, 0) is 0 Å².